The maximum Gasteiger partial charge on any atom is 0.303 e. The number of alkyl halides is 2. The van der Waals surface area contributed by atoms with Gasteiger partial charge in [-0.25, -0.2) is 8.78 Å². The Kier molecular flexibility index (Phi) is 4.02. The molecule has 0 aromatic rings. The molecule has 1 rings (SSSR count). The standard InChI is InChI=1S/C10H17F2NO2/c1-8(5-9(14)15)6-13-4-2-3-10(11,12)7-13/h8H,2-7H2,1H3,(H,14,15). The molecule has 5 heteroatoms. The van der Waals surface area contributed by atoms with Crippen molar-refractivity contribution in [3.63, 3.8) is 0 Å². The summed E-state index contributed by atoms with van der Waals surface area (Å²) in [6, 6.07) is 0. The fourth-order valence-corrected chi connectivity index (χ4v) is 2.01. The van der Waals surface area contributed by atoms with E-state index in [1.54, 1.807) is 11.8 Å². The van der Waals surface area contributed by atoms with Crippen molar-refractivity contribution < 1.29 is 18.7 Å². The summed E-state index contributed by atoms with van der Waals surface area (Å²) in [5, 5.41) is 8.55. The van der Waals surface area contributed by atoms with E-state index in [4.69, 9.17) is 5.11 Å². The molecule has 0 aliphatic carbocycles. The lowest BCUT2D eigenvalue weighted by molar-refractivity contribution is -0.138. The minimum absolute atomic E-state index is 0.0437. The molecule has 1 fully saturated rings. The van der Waals surface area contributed by atoms with Crippen LogP contribution in [0.4, 0.5) is 8.78 Å². The van der Waals surface area contributed by atoms with E-state index in [0.717, 1.165) is 0 Å². The average molecular weight is 221 g/mol. The Balaban J connectivity index is 2.34. The van der Waals surface area contributed by atoms with Gasteiger partial charge in [0.15, 0.2) is 0 Å². The first-order chi connectivity index (χ1) is 6.89. The number of aliphatic carboxylic acids is 1. The summed E-state index contributed by atoms with van der Waals surface area (Å²) in [5.41, 5.74) is 0. The molecule has 0 radical (unpaired) electrons. The summed E-state index contributed by atoms with van der Waals surface area (Å²) in [7, 11) is 0. The fourth-order valence-electron chi connectivity index (χ4n) is 2.01. The van der Waals surface area contributed by atoms with Gasteiger partial charge in [-0.2, -0.15) is 0 Å². The highest BCUT2D eigenvalue weighted by atomic mass is 19.3. The maximum absolute atomic E-state index is 13.0. The molecule has 1 heterocycles. The molecule has 1 aliphatic heterocycles. The molecule has 0 bridgehead atoms. The second-order valence-electron chi connectivity index (χ2n) is 4.40. The molecule has 0 amide bonds. The van der Waals surface area contributed by atoms with Crippen molar-refractivity contribution in [1.82, 2.24) is 4.90 Å². The molecule has 0 aromatic carbocycles. The van der Waals surface area contributed by atoms with E-state index in [9.17, 15) is 13.6 Å². The van der Waals surface area contributed by atoms with Gasteiger partial charge in [-0.05, 0) is 18.9 Å². The van der Waals surface area contributed by atoms with E-state index < -0.39 is 11.9 Å². The average Bonchev–Trinajstić information content (AvgIpc) is 1.99. The number of carboxylic acids is 1. The van der Waals surface area contributed by atoms with E-state index in [-0.39, 0.29) is 25.3 Å². The van der Waals surface area contributed by atoms with Gasteiger partial charge in [-0.1, -0.05) is 6.92 Å². The fraction of sp³-hybridized carbons (Fsp3) is 0.900. The smallest absolute Gasteiger partial charge is 0.303 e. The minimum Gasteiger partial charge on any atom is -0.481 e. The van der Waals surface area contributed by atoms with Gasteiger partial charge in [0.05, 0.1) is 6.54 Å². The number of hydrogen-bond donors (Lipinski definition) is 1. The third-order valence-corrected chi connectivity index (χ3v) is 2.56. The van der Waals surface area contributed by atoms with Gasteiger partial charge in [0.1, 0.15) is 0 Å². The Labute approximate surface area is 88.1 Å². The van der Waals surface area contributed by atoms with E-state index in [2.05, 4.69) is 0 Å². The Hall–Kier alpha value is -0.710. The molecule has 1 unspecified atom stereocenters. The van der Waals surface area contributed by atoms with Gasteiger partial charge < -0.3 is 5.11 Å². The molecule has 0 saturated carbocycles. The minimum atomic E-state index is -2.60. The summed E-state index contributed by atoms with van der Waals surface area (Å²) in [5.74, 6) is -3.54. The van der Waals surface area contributed by atoms with E-state index >= 15 is 0 Å². The van der Waals surface area contributed by atoms with Gasteiger partial charge in [-0.3, -0.25) is 9.69 Å². The van der Waals surface area contributed by atoms with E-state index in [0.29, 0.717) is 19.5 Å². The molecular formula is C10H17F2NO2. The van der Waals surface area contributed by atoms with Crippen LogP contribution in [0, 0.1) is 5.92 Å². The van der Waals surface area contributed by atoms with Crippen LogP contribution in [-0.2, 0) is 4.79 Å². The van der Waals surface area contributed by atoms with Gasteiger partial charge in [0.25, 0.3) is 5.92 Å². The molecule has 15 heavy (non-hydrogen) atoms. The highest BCUT2D eigenvalue weighted by Crippen LogP contribution is 2.27. The lowest BCUT2D eigenvalue weighted by atomic mass is 10.0. The predicted octanol–water partition coefficient (Wildman–Crippen LogP) is 1.83. The summed E-state index contributed by atoms with van der Waals surface area (Å²) < 4.78 is 26.0. The largest absolute Gasteiger partial charge is 0.481 e. The zero-order chi connectivity index (χ0) is 11.5. The molecular weight excluding hydrogens is 204 g/mol. The van der Waals surface area contributed by atoms with Gasteiger partial charge in [0, 0.05) is 19.4 Å². The van der Waals surface area contributed by atoms with Crippen molar-refractivity contribution in [3.8, 4) is 0 Å². The van der Waals surface area contributed by atoms with Crippen molar-refractivity contribution >= 4 is 5.97 Å². The number of nitrogens with zero attached hydrogens (tertiary/aromatic N) is 1. The summed E-state index contributed by atoms with van der Waals surface area (Å²) in [4.78, 5) is 12.1. The summed E-state index contributed by atoms with van der Waals surface area (Å²) in [6.45, 7) is 2.65. The number of hydrogen-bond acceptors (Lipinski definition) is 2. The van der Waals surface area contributed by atoms with Gasteiger partial charge >= 0.3 is 5.97 Å². The number of carbonyl (C=O) groups is 1. The Morgan fingerprint density at radius 2 is 2.27 bits per heavy atom. The normalized spacial score (nSPS) is 23.7. The molecule has 88 valence electrons. The molecule has 1 atom stereocenters. The Morgan fingerprint density at radius 1 is 1.60 bits per heavy atom. The zero-order valence-corrected chi connectivity index (χ0v) is 8.88. The van der Waals surface area contributed by atoms with Crippen LogP contribution in [0.2, 0.25) is 0 Å². The third kappa shape index (κ3) is 4.55. The Morgan fingerprint density at radius 3 is 2.80 bits per heavy atom. The second-order valence-corrected chi connectivity index (χ2v) is 4.40. The number of likely N-dealkylation sites (tertiary alicyclic amines) is 1. The molecule has 1 aliphatic rings. The zero-order valence-electron chi connectivity index (χ0n) is 8.88. The van der Waals surface area contributed by atoms with Crippen molar-refractivity contribution in [1.29, 1.82) is 0 Å². The van der Waals surface area contributed by atoms with Crippen molar-refractivity contribution in [3.05, 3.63) is 0 Å². The number of halogens is 2. The molecule has 3 nitrogen and oxygen atoms in total. The monoisotopic (exact) mass is 221 g/mol. The van der Waals surface area contributed by atoms with Crippen LogP contribution in [-0.4, -0.2) is 41.5 Å². The van der Waals surface area contributed by atoms with Crippen LogP contribution in [0.5, 0.6) is 0 Å². The van der Waals surface area contributed by atoms with Crippen LogP contribution in [0.1, 0.15) is 26.2 Å². The highest BCUT2D eigenvalue weighted by molar-refractivity contribution is 5.66. The Bertz CT molecular complexity index is 233. The number of rotatable bonds is 4. The van der Waals surface area contributed by atoms with Crippen LogP contribution in [0.3, 0.4) is 0 Å². The lowest BCUT2D eigenvalue weighted by Gasteiger charge is -2.33. The van der Waals surface area contributed by atoms with Crippen molar-refractivity contribution in [2.24, 2.45) is 5.92 Å². The third-order valence-electron chi connectivity index (χ3n) is 2.56. The summed E-state index contributed by atoms with van der Waals surface area (Å²) in [6.07, 6.45) is 0.492. The van der Waals surface area contributed by atoms with Crippen molar-refractivity contribution in [2.45, 2.75) is 32.1 Å². The second kappa shape index (κ2) is 4.88. The number of piperidine rings is 1. The first-order valence-electron chi connectivity index (χ1n) is 5.21. The lowest BCUT2D eigenvalue weighted by Crippen LogP contribution is -2.44. The van der Waals surface area contributed by atoms with Crippen molar-refractivity contribution in [2.75, 3.05) is 19.6 Å². The summed E-state index contributed by atoms with van der Waals surface area (Å²) >= 11 is 0. The number of carboxylic acid groups (broad SMARTS) is 1. The molecule has 0 aromatic heterocycles. The molecule has 1 saturated heterocycles. The predicted molar refractivity (Wildman–Crippen MR) is 52.0 cm³/mol. The van der Waals surface area contributed by atoms with E-state index in [1.807, 2.05) is 0 Å². The highest BCUT2D eigenvalue weighted by Gasteiger charge is 2.35. The maximum atomic E-state index is 13.0. The molecule has 0 spiro atoms. The first kappa shape index (κ1) is 12.4. The van der Waals surface area contributed by atoms with Crippen LogP contribution >= 0.6 is 0 Å². The topological polar surface area (TPSA) is 40.5 Å². The first-order valence-corrected chi connectivity index (χ1v) is 5.21. The van der Waals surface area contributed by atoms with E-state index in [1.165, 1.54) is 0 Å². The SMILES string of the molecule is CC(CC(=O)O)CN1CCCC(F)(F)C1. The van der Waals surface area contributed by atoms with Gasteiger partial charge in [0.2, 0.25) is 0 Å². The molecule has 1 N–H and O–H groups in total. The van der Waals surface area contributed by atoms with Crippen LogP contribution < -0.4 is 0 Å². The quantitative estimate of drug-likeness (QED) is 0.787. The van der Waals surface area contributed by atoms with Crippen LogP contribution in [0.15, 0.2) is 0 Å². The van der Waals surface area contributed by atoms with Gasteiger partial charge in [-0.15, -0.1) is 0 Å². The van der Waals surface area contributed by atoms with Crippen LogP contribution in [0.25, 0.3) is 0 Å².